The summed E-state index contributed by atoms with van der Waals surface area (Å²) in [5.74, 6) is -3.79. The second-order valence-corrected chi connectivity index (χ2v) is 7.75. The van der Waals surface area contributed by atoms with Crippen LogP contribution in [0.5, 0.6) is 0 Å². The van der Waals surface area contributed by atoms with E-state index < -0.39 is 41.6 Å². The van der Waals surface area contributed by atoms with Crippen molar-refractivity contribution in [2.75, 3.05) is 13.1 Å². The van der Waals surface area contributed by atoms with Crippen LogP contribution in [-0.2, 0) is 11.3 Å². The van der Waals surface area contributed by atoms with Crippen molar-refractivity contribution in [1.29, 1.82) is 0 Å². The third-order valence-corrected chi connectivity index (χ3v) is 5.08. The molecule has 0 aliphatic carbocycles. The summed E-state index contributed by atoms with van der Waals surface area (Å²) >= 11 is 0. The predicted octanol–water partition coefficient (Wildman–Crippen LogP) is 2.29. The fourth-order valence-corrected chi connectivity index (χ4v) is 3.26. The minimum Gasteiger partial charge on any atom is -0.423 e. The predicted molar refractivity (Wildman–Crippen MR) is 119 cm³/mol. The first-order valence-electron chi connectivity index (χ1n) is 10.7. The molecule has 2 rings (SSSR count). The molecule has 9 heteroatoms. The van der Waals surface area contributed by atoms with Crippen molar-refractivity contribution in [2.24, 2.45) is 0 Å². The lowest BCUT2D eigenvalue weighted by Crippen LogP contribution is -2.42. The average Bonchev–Trinajstić information content (AvgIpc) is 2.74. The highest BCUT2D eigenvalue weighted by Gasteiger charge is 2.29. The third kappa shape index (κ3) is 7.14. The number of hydrogen-bond donors (Lipinski definition) is 3. The zero-order chi connectivity index (χ0) is 23.7. The van der Waals surface area contributed by atoms with E-state index in [0.717, 1.165) is 53.8 Å². The van der Waals surface area contributed by atoms with Gasteiger partial charge in [0.05, 0.1) is 11.0 Å². The van der Waals surface area contributed by atoms with E-state index in [9.17, 15) is 28.4 Å². The molecule has 0 unspecified atom stereocenters. The number of hydrogen-bond acceptors (Lipinski definition) is 4. The molecule has 0 aliphatic heterocycles. The molecule has 0 aliphatic rings. The van der Waals surface area contributed by atoms with Crippen molar-refractivity contribution in [3.63, 3.8) is 0 Å². The number of aryl methyl sites for hydroxylation is 1. The summed E-state index contributed by atoms with van der Waals surface area (Å²) in [5, 5.41) is 21.3. The van der Waals surface area contributed by atoms with Crippen LogP contribution < -0.4 is 10.8 Å². The zero-order valence-electron chi connectivity index (χ0n) is 18.4. The van der Waals surface area contributed by atoms with E-state index in [0.29, 0.717) is 6.54 Å². The van der Waals surface area contributed by atoms with E-state index in [1.165, 1.54) is 0 Å². The first-order valence-corrected chi connectivity index (χ1v) is 10.7. The monoisotopic (exact) mass is 446 g/mol. The number of rotatable bonds is 11. The summed E-state index contributed by atoms with van der Waals surface area (Å²) in [6.45, 7) is 4.17. The number of amides is 2. The van der Waals surface area contributed by atoms with Crippen LogP contribution in [0.1, 0.15) is 54.1 Å². The zero-order valence-corrected chi connectivity index (χ0v) is 18.4. The van der Waals surface area contributed by atoms with E-state index >= 15 is 0 Å². The van der Waals surface area contributed by atoms with Crippen LogP contribution in [0.2, 0.25) is 0 Å². The molecule has 3 N–H and O–H groups in total. The van der Waals surface area contributed by atoms with Crippen LogP contribution in [0.25, 0.3) is 0 Å². The van der Waals surface area contributed by atoms with E-state index in [2.05, 4.69) is 12.2 Å². The number of carbonyl (C=O) groups excluding carboxylic acids is 2. The number of unbranched alkanes of at least 4 members (excludes halogenated alkanes) is 3. The Bertz CT molecular complexity index is 923. The molecule has 0 saturated heterocycles. The highest BCUT2D eigenvalue weighted by Crippen LogP contribution is 2.15. The maximum atomic E-state index is 14.7. The van der Waals surface area contributed by atoms with E-state index in [4.69, 9.17) is 0 Å². The maximum Gasteiger partial charge on any atom is 0.494 e. The molecule has 0 aromatic heterocycles. The van der Waals surface area contributed by atoms with Gasteiger partial charge in [-0.1, -0.05) is 56.0 Å². The summed E-state index contributed by atoms with van der Waals surface area (Å²) in [4.78, 5) is 26.7. The number of nitrogens with one attached hydrogen (secondary N) is 1. The molecule has 2 aromatic rings. The molecular formula is C23H29BF2N2O4. The largest absolute Gasteiger partial charge is 0.494 e. The molecule has 0 radical (unpaired) electrons. The fraction of sp³-hybridized carbons (Fsp3) is 0.391. The van der Waals surface area contributed by atoms with Gasteiger partial charge in [0.1, 0.15) is 18.2 Å². The Kier molecular flexibility index (Phi) is 9.80. The number of carbonyl (C=O) groups is 2. The number of halogens is 2. The lowest BCUT2D eigenvalue weighted by atomic mass is 9.78. The first kappa shape index (κ1) is 25.5. The summed E-state index contributed by atoms with van der Waals surface area (Å²) in [7, 11) is -2.42. The van der Waals surface area contributed by atoms with Gasteiger partial charge in [0, 0.05) is 13.1 Å². The Morgan fingerprint density at radius 1 is 1.03 bits per heavy atom. The molecule has 0 bridgehead atoms. The molecule has 0 fully saturated rings. The van der Waals surface area contributed by atoms with Crippen LogP contribution in [0.4, 0.5) is 8.78 Å². The van der Waals surface area contributed by atoms with Gasteiger partial charge in [-0.2, -0.15) is 0 Å². The van der Waals surface area contributed by atoms with Crippen molar-refractivity contribution in [3.8, 4) is 0 Å². The van der Waals surface area contributed by atoms with E-state index in [1.54, 1.807) is 12.1 Å². The Labute approximate surface area is 187 Å². The molecule has 172 valence electrons. The molecule has 6 nitrogen and oxygen atoms in total. The highest BCUT2D eigenvalue weighted by atomic mass is 19.1. The van der Waals surface area contributed by atoms with Crippen molar-refractivity contribution in [1.82, 2.24) is 10.2 Å². The van der Waals surface area contributed by atoms with Gasteiger partial charge in [0.25, 0.3) is 5.91 Å². The summed E-state index contributed by atoms with van der Waals surface area (Å²) in [6, 6.07) is 9.02. The van der Waals surface area contributed by atoms with Gasteiger partial charge in [-0.05, 0) is 31.0 Å². The number of nitrogens with zero attached hydrogens (tertiary/aromatic N) is 1. The molecule has 0 heterocycles. The average molecular weight is 446 g/mol. The van der Waals surface area contributed by atoms with Crippen molar-refractivity contribution in [2.45, 2.75) is 46.1 Å². The van der Waals surface area contributed by atoms with Crippen LogP contribution in [-0.4, -0.2) is 47.0 Å². The number of benzene rings is 2. The van der Waals surface area contributed by atoms with Gasteiger partial charge in [-0.3, -0.25) is 9.59 Å². The first-order chi connectivity index (χ1) is 15.2. The van der Waals surface area contributed by atoms with Crippen molar-refractivity contribution >= 4 is 24.4 Å². The Balaban J connectivity index is 2.23. The summed E-state index contributed by atoms with van der Waals surface area (Å²) in [6.07, 6.45) is 3.93. The van der Waals surface area contributed by atoms with Gasteiger partial charge in [0.2, 0.25) is 5.91 Å². The summed E-state index contributed by atoms with van der Waals surface area (Å²) in [5.41, 5.74) is 0.191. The standard InChI is InChI=1S/C23H29BF2N2O4/c1-3-4-5-6-13-27-20(29)15-28(14-17-9-7-16(2)8-10-17)23(30)18-11-12-19(25)21(22(18)26)24(31)32/h7-12,31-32H,3-6,13-15H2,1-2H3,(H,27,29). The molecule has 0 saturated carbocycles. The maximum absolute atomic E-state index is 14.7. The topological polar surface area (TPSA) is 89.9 Å². The van der Waals surface area contributed by atoms with E-state index in [1.807, 2.05) is 19.1 Å². The smallest absolute Gasteiger partial charge is 0.423 e. The van der Waals surface area contributed by atoms with Crippen LogP contribution in [0.15, 0.2) is 36.4 Å². The Morgan fingerprint density at radius 3 is 2.34 bits per heavy atom. The molecular weight excluding hydrogens is 417 g/mol. The second-order valence-electron chi connectivity index (χ2n) is 7.75. The second kappa shape index (κ2) is 12.3. The third-order valence-electron chi connectivity index (χ3n) is 5.08. The van der Waals surface area contributed by atoms with Gasteiger partial charge < -0.3 is 20.3 Å². The lowest BCUT2D eigenvalue weighted by Gasteiger charge is -2.23. The lowest BCUT2D eigenvalue weighted by molar-refractivity contribution is -0.121. The van der Waals surface area contributed by atoms with Crippen LogP contribution >= 0.6 is 0 Å². The molecule has 0 atom stereocenters. The van der Waals surface area contributed by atoms with E-state index in [-0.39, 0.29) is 13.1 Å². The fourth-order valence-electron chi connectivity index (χ4n) is 3.26. The normalized spacial score (nSPS) is 10.7. The summed E-state index contributed by atoms with van der Waals surface area (Å²) < 4.78 is 28.6. The minimum absolute atomic E-state index is 0.0240. The molecule has 32 heavy (non-hydrogen) atoms. The minimum atomic E-state index is -2.42. The van der Waals surface area contributed by atoms with Crippen molar-refractivity contribution < 1.29 is 28.4 Å². The van der Waals surface area contributed by atoms with Gasteiger partial charge in [0.15, 0.2) is 0 Å². The highest BCUT2D eigenvalue weighted by molar-refractivity contribution is 6.59. The van der Waals surface area contributed by atoms with Gasteiger partial charge in [-0.15, -0.1) is 0 Å². The Morgan fingerprint density at radius 2 is 1.72 bits per heavy atom. The molecule has 0 spiro atoms. The van der Waals surface area contributed by atoms with Gasteiger partial charge in [-0.25, -0.2) is 8.78 Å². The van der Waals surface area contributed by atoms with Gasteiger partial charge >= 0.3 is 7.12 Å². The molecule has 2 aromatic carbocycles. The molecule has 2 amide bonds. The van der Waals surface area contributed by atoms with Crippen molar-refractivity contribution in [3.05, 3.63) is 64.7 Å². The SMILES string of the molecule is CCCCCCNC(=O)CN(Cc1ccc(C)cc1)C(=O)c1ccc(F)c(B(O)O)c1F. The Hall–Kier alpha value is -2.78. The van der Waals surface area contributed by atoms with Crippen LogP contribution in [0.3, 0.4) is 0 Å². The quantitative estimate of drug-likeness (QED) is 0.365. The van der Waals surface area contributed by atoms with Crippen LogP contribution in [0, 0.1) is 18.6 Å².